The van der Waals surface area contributed by atoms with Crippen molar-refractivity contribution in [1.82, 2.24) is 15.0 Å². The maximum Gasteiger partial charge on any atom is 0.143 e. The van der Waals surface area contributed by atoms with Gasteiger partial charge in [0.25, 0.3) is 0 Å². The van der Waals surface area contributed by atoms with Gasteiger partial charge in [-0.05, 0) is 25.8 Å². The van der Waals surface area contributed by atoms with E-state index in [1.807, 2.05) is 6.92 Å². The summed E-state index contributed by atoms with van der Waals surface area (Å²) < 4.78 is 0. The first-order valence-electron chi connectivity index (χ1n) is 5.90. The monoisotopic (exact) mass is 216 g/mol. The quantitative estimate of drug-likeness (QED) is 0.811. The summed E-state index contributed by atoms with van der Waals surface area (Å²) in [6.45, 7) is 2.04. The Kier molecular flexibility index (Phi) is 2.27. The number of H-pyrrole nitrogens is 1. The lowest BCUT2D eigenvalue weighted by atomic mass is 10.2. The third-order valence-corrected chi connectivity index (χ3v) is 3.26. The minimum absolute atomic E-state index is 0.591. The molecule has 1 aliphatic carbocycles. The molecule has 1 saturated carbocycles. The molecule has 0 radical (unpaired) electrons. The molecule has 0 bridgehead atoms. The van der Waals surface area contributed by atoms with Gasteiger partial charge >= 0.3 is 0 Å². The highest BCUT2D eigenvalue weighted by molar-refractivity contribution is 5.87. The maximum absolute atomic E-state index is 4.34. The molecule has 2 heterocycles. The van der Waals surface area contributed by atoms with Crippen molar-refractivity contribution in [2.24, 2.45) is 0 Å². The molecule has 3 rings (SSSR count). The molecule has 2 aromatic heterocycles. The lowest BCUT2D eigenvalue weighted by Crippen LogP contribution is -2.15. The van der Waals surface area contributed by atoms with Crippen LogP contribution in [0.25, 0.3) is 11.0 Å². The first kappa shape index (κ1) is 9.63. The Morgan fingerprint density at radius 3 is 2.94 bits per heavy atom. The molecule has 0 aliphatic heterocycles. The van der Waals surface area contributed by atoms with Crippen LogP contribution in [0.3, 0.4) is 0 Å². The fourth-order valence-corrected chi connectivity index (χ4v) is 2.45. The topological polar surface area (TPSA) is 53.6 Å². The molecule has 0 unspecified atom stereocenters. The van der Waals surface area contributed by atoms with E-state index in [9.17, 15) is 0 Å². The Morgan fingerprint density at radius 1 is 1.31 bits per heavy atom. The zero-order valence-electron chi connectivity index (χ0n) is 9.45. The molecular formula is C12H16N4. The summed E-state index contributed by atoms with van der Waals surface area (Å²) in [4.78, 5) is 11.8. The van der Waals surface area contributed by atoms with Crippen LogP contribution in [-0.4, -0.2) is 21.0 Å². The van der Waals surface area contributed by atoms with E-state index in [0.717, 1.165) is 22.5 Å². The number of nitrogens with zero attached hydrogens (tertiary/aromatic N) is 2. The predicted octanol–water partition coefficient (Wildman–Crippen LogP) is 2.62. The average Bonchev–Trinajstić information content (AvgIpc) is 2.86. The summed E-state index contributed by atoms with van der Waals surface area (Å²) in [7, 11) is 0. The molecule has 1 aliphatic rings. The normalized spacial score (nSPS) is 17.1. The van der Waals surface area contributed by atoms with Gasteiger partial charge in [-0.1, -0.05) is 12.8 Å². The van der Waals surface area contributed by atoms with E-state index >= 15 is 0 Å². The summed E-state index contributed by atoms with van der Waals surface area (Å²) in [5, 5.41) is 4.63. The highest BCUT2D eigenvalue weighted by Gasteiger charge is 2.16. The molecule has 0 spiro atoms. The molecule has 84 valence electrons. The van der Waals surface area contributed by atoms with Crippen LogP contribution >= 0.6 is 0 Å². The Bertz CT molecular complexity index is 497. The van der Waals surface area contributed by atoms with Gasteiger partial charge in [0.05, 0.1) is 5.39 Å². The predicted molar refractivity (Wildman–Crippen MR) is 64.5 cm³/mol. The lowest BCUT2D eigenvalue weighted by molar-refractivity contribution is 0.751. The molecule has 16 heavy (non-hydrogen) atoms. The molecule has 2 N–H and O–H groups in total. The second kappa shape index (κ2) is 3.77. The number of rotatable bonds is 2. The van der Waals surface area contributed by atoms with E-state index in [1.54, 1.807) is 6.33 Å². The number of nitrogens with one attached hydrogen (secondary N) is 2. The third kappa shape index (κ3) is 1.64. The van der Waals surface area contributed by atoms with Crippen LogP contribution in [0.4, 0.5) is 5.82 Å². The molecule has 0 atom stereocenters. The van der Waals surface area contributed by atoms with E-state index < -0.39 is 0 Å². The van der Waals surface area contributed by atoms with Crippen molar-refractivity contribution in [3.8, 4) is 0 Å². The molecule has 0 amide bonds. The van der Waals surface area contributed by atoms with Crippen molar-refractivity contribution in [3.05, 3.63) is 18.1 Å². The maximum atomic E-state index is 4.34. The number of aromatic amines is 1. The number of aromatic nitrogens is 3. The van der Waals surface area contributed by atoms with Gasteiger partial charge in [0.1, 0.15) is 17.8 Å². The number of aryl methyl sites for hydroxylation is 1. The van der Waals surface area contributed by atoms with Crippen molar-refractivity contribution in [2.45, 2.75) is 38.6 Å². The summed E-state index contributed by atoms with van der Waals surface area (Å²) in [6, 6.07) is 2.69. The standard InChI is InChI=1S/C12H16N4/c1-8-6-10-11(15-8)13-7-14-12(10)16-9-4-2-3-5-9/h6-7,9H,2-5H2,1H3,(H2,13,14,15,16). The van der Waals surface area contributed by atoms with Crippen molar-refractivity contribution in [1.29, 1.82) is 0 Å². The van der Waals surface area contributed by atoms with E-state index in [4.69, 9.17) is 0 Å². The van der Waals surface area contributed by atoms with E-state index in [2.05, 4.69) is 26.3 Å². The Morgan fingerprint density at radius 2 is 2.12 bits per heavy atom. The Hall–Kier alpha value is -1.58. The highest BCUT2D eigenvalue weighted by atomic mass is 15.1. The van der Waals surface area contributed by atoms with Gasteiger partial charge in [0, 0.05) is 11.7 Å². The second-order valence-corrected chi connectivity index (χ2v) is 4.56. The fraction of sp³-hybridized carbons (Fsp3) is 0.500. The van der Waals surface area contributed by atoms with Gasteiger partial charge in [0.2, 0.25) is 0 Å². The summed E-state index contributed by atoms with van der Waals surface area (Å²) >= 11 is 0. The largest absolute Gasteiger partial charge is 0.367 e. The van der Waals surface area contributed by atoms with Crippen LogP contribution in [0.15, 0.2) is 12.4 Å². The average molecular weight is 216 g/mol. The smallest absolute Gasteiger partial charge is 0.143 e. The molecular weight excluding hydrogens is 200 g/mol. The minimum Gasteiger partial charge on any atom is -0.367 e. The molecule has 0 saturated heterocycles. The van der Waals surface area contributed by atoms with Gasteiger partial charge in [-0.3, -0.25) is 0 Å². The van der Waals surface area contributed by atoms with E-state index in [0.29, 0.717) is 6.04 Å². The molecule has 1 fully saturated rings. The summed E-state index contributed by atoms with van der Waals surface area (Å²) in [5.74, 6) is 0.973. The summed E-state index contributed by atoms with van der Waals surface area (Å²) in [5.41, 5.74) is 2.05. The van der Waals surface area contributed by atoms with E-state index in [1.165, 1.54) is 25.7 Å². The van der Waals surface area contributed by atoms with E-state index in [-0.39, 0.29) is 0 Å². The van der Waals surface area contributed by atoms with Gasteiger partial charge in [-0.2, -0.15) is 0 Å². The first-order chi connectivity index (χ1) is 7.83. The zero-order valence-corrected chi connectivity index (χ0v) is 9.45. The van der Waals surface area contributed by atoms with Crippen LogP contribution in [0, 0.1) is 6.92 Å². The number of hydrogen-bond donors (Lipinski definition) is 2. The third-order valence-electron chi connectivity index (χ3n) is 3.26. The van der Waals surface area contributed by atoms with Crippen LogP contribution in [0.5, 0.6) is 0 Å². The molecule has 0 aromatic carbocycles. The van der Waals surface area contributed by atoms with Gasteiger partial charge in [-0.25, -0.2) is 9.97 Å². The lowest BCUT2D eigenvalue weighted by Gasteiger charge is -2.12. The summed E-state index contributed by atoms with van der Waals surface area (Å²) in [6.07, 6.45) is 6.80. The molecule has 4 nitrogen and oxygen atoms in total. The van der Waals surface area contributed by atoms with Crippen molar-refractivity contribution in [2.75, 3.05) is 5.32 Å². The van der Waals surface area contributed by atoms with Crippen LogP contribution in [-0.2, 0) is 0 Å². The number of fused-ring (bicyclic) bond motifs is 1. The first-order valence-corrected chi connectivity index (χ1v) is 5.90. The Balaban J connectivity index is 1.95. The van der Waals surface area contributed by atoms with Gasteiger partial charge < -0.3 is 10.3 Å². The number of anilines is 1. The minimum atomic E-state index is 0.591. The van der Waals surface area contributed by atoms with Crippen molar-refractivity contribution < 1.29 is 0 Å². The van der Waals surface area contributed by atoms with Gasteiger partial charge in [0.15, 0.2) is 0 Å². The molecule has 2 aromatic rings. The van der Waals surface area contributed by atoms with Crippen LogP contribution < -0.4 is 5.32 Å². The van der Waals surface area contributed by atoms with Crippen molar-refractivity contribution >= 4 is 16.9 Å². The highest BCUT2D eigenvalue weighted by Crippen LogP contribution is 2.25. The fourth-order valence-electron chi connectivity index (χ4n) is 2.45. The Labute approximate surface area is 94.5 Å². The SMILES string of the molecule is Cc1cc2c(NC3CCCC3)ncnc2[nH]1. The number of hydrogen-bond acceptors (Lipinski definition) is 3. The second-order valence-electron chi connectivity index (χ2n) is 4.56. The molecule has 4 heteroatoms. The van der Waals surface area contributed by atoms with Crippen molar-refractivity contribution in [3.63, 3.8) is 0 Å². The van der Waals surface area contributed by atoms with Crippen LogP contribution in [0.1, 0.15) is 31.4 Å². The van der Waals surface area contributed by atoms with Gasteiger partial charge in [-0.15, -0.1) is 0 Å². The van der Waals surface area contributed by atoms with Crippen LogP contribution in [0.2, 0.25) is 0 Å². The zero-order chi connectivity index (χ0) is 11.0.